The van der Waals surface area contributed by atoms with Crippen LogP contribution in [0.3, 0.4) is 0 Å². The van der Waals surface area contributed by atoms with Crippen molar-refractivity contribution in [1.29, 1.82) is 0 Å². The maximum absolute atomic E-state index is 12.8. The molecule has 1 aromatic rings. The molecule has 1 saturated heterocycles. The van der Waals surface area contributed by atoms with E-state index >= 15 is 0 Å². The van der Waals surface area contributed by atoms with Gasteiger partial charge in [-0.3, -0.25) is 4.68 Å². The van der Waals surface area contributed by atoms with Gasteiger partial charge in [0.2, 0.25) is 10.0 Å². The fourth-order valence-electron chi connectivity index (χ4n) is 3.04. The molecule has 0 aliphatic carbocycles. The Morgan fingerprint density at radius 1 is 1.27 bits per heavy atom. The molecule has 0 unspecified atom stereocenters. The average molecular weight is 351 g/mol. The third kappa shape index (κ3) is 3.82. The largest absolute Gasteiger partial charge is 0.320 e. The number of hydrogen-bond donors (Lipinski definition) is 1. The zero-order valence-electron chi connectivity index (χ0n) is 13.8. The molecule has 0 spiro atoms. The van der Waals surface area contributed by atoms with Crippen molar-refractivity contribution in [2.24, 2.45) is 13.0 Å². The van der Waals surface area contributed by atoms with Gasteiger partial charge in [-0.1, -0.05) is 0 Å². The highest BCUT2D eigenvalue weighted by Crippen LogP contribution is 2.28. The van der Waals surface area contributed by atoms with Gasteiger partial charge in [0.25, 0.3) is 0 Å². The molecule has 0 amide bonds. The molecule has 1 aliphatic rings. The summed E-state index contributed by atoms with van der Waals surface area (Å²) in [5.74, 6) is 0.625. The van der Waals surface area contributed by atoms with Gasteiger partial charge in [0, 0.05) is 20.1 Å². The van der Waals surface area contributed by atoms with Crippen molar-refractivity contribution in [3.8, 4) is 0 Å². The number of nitrogens with one attached hydrogen (secondary N) is 1. The predicted octanol–water partition coefficient (Wildman–Crippen LogP) is 1.47. The molecule has 22 heavy (non-hydrogen) atoms. The van der Waals surface area contributed by atoms with Crippen LogP contribution in [-0.4, -0.2) is 49.2 Å². The summed E-state index contributed by atoms with van der Waals surface area (Å²) in [4.78, 5) is 0.388. The third-order valence-corrected chi connectivity index (χ3v) is 6.57. The van der Waals surface area contributed by atoms with Crippen molar-refractivity contribution in [2.45, 2.75) is 38.0 Å². The molecule has 2 rings (SSSR count). The van der Waals surface area contributed by atoms with E-state index in [1.165, 1.54) is 0 Å². The SMILES string of the molecule is CNCCC1CCN(S(=O)(=O)c2c(C)nn(C)c2C)CC1.Cl. The molecule has 8 heteroatoms. The second-order valence-electron chi connectivity index (χ2n) is 5.86. The number of aryl methyl sites for hydroxylation is 2. The molecule has 0 radical (unpaired) electrons. The minimum absolute atomic E-state index is 0. The predicted molar refractivity (Wildman–Crippen MR) is 90.0 cm³/mol. The minimum Gasteiger partial charge on any atom is -0.320 e. The molecule has 0 atom stereocenters. The number of sulfonamides is 1. The molecule has 2 heterocycles. The number of piperidine rings is 1. The smallest absolute Gasteiger partial charge is 0.246 e. The number of nitrogens with zero attached hydrogens (tertiary/aromatic N) is 3. The van der Waals surface area contributed by atoms with Crippen LogP contribution in [0, 0.1) is 19.8 Å². The Hall–Kier alpha value is -0.630. The van der Waals surface area contributed by atoms with Crippen LogP contribution < -0.4 is 5.32 Å². The van der Waals surface area contributed by atoms with Crippen LogP contribution in [0.1, 0.15) is 30.7 Å². The zero-order valence-corrected chi connectivity index (χ0v) is 15.4. The summed E-state index contributed by atoms with van der Waals surface area (Å²) in [6, 6.07) is 0. The summed E-state index contributed by atoms with van der Waals surface area (Å²) in [6.07, 6.45) is 3.01. The number of halogens is 1. The van der Waals surface area contributed by atoms with Crippen molar-refractivity contribution in [1.82, 2.24) is 19.4 Å². The second-order valence-corrected chi connectivity index (χ2v) is 7.74. The summed E-state index contributed by atoms with van der Waals surface area (Å²) < 4.78 is 28.9. The molecule has 6 nitrogen and oxygen atoms in total. The van der Waals surface area contributed by atoms with Crippen LogP contribution in [0.25, 0.3) is 0 Å². The highest BCUT2D eigenvalue weighted by Gasteiger charge is 2.33. The van der Waals surface area contributed by atoms with Gasteiger partial charge in [-0.2, -0.15) is 9.40 Å². The van der Waals surface area contributed by atoms with E-state index in [9.17, 15) is 8.42 Å². The van der Waals surface area contributed by atoms with Gasteiger partial charge in [-0.05, 0) is 52.6 Å². The van der Waals surface area contributed by atoms with E-state index in [-0.39, 0.29) is 12.4 Å². The Kier molecular flexibility index (Phi) is 6.85. The lowest BCUT2D eigenvalue weighted by atomic mass is 9.95. The fraction of sp³-hybridized carbons (Fsp3) is 0.786. The minimum atomic E-state index is -3.41. The first kappa shape index (κ1) is 19.4. The number of aromatic nitrogens is 2. The van der Waals surface area contributed by atoms with Gasteiger partial charge >= 0.3 is 0 Å². The van der Waals surface area contributed by atoms with E-state index in [0.29, 0.717) is 35.3 Å². The summed E-state index contributed by atoms with van der Waals surface area (Å²) in [5.41, 5.74) is 1.30. The highest BCUT2D eigenvalue weighted by atomic mass is 35.5. The van der Waals surface area contributed by atoms with Gasteiger partial charge in [-0.25, -0.2) is 8.42 Å². The lowest BCUT2D eigenvalue weighted by Gasteiger charge is -2.31. The highest BCUT2D eigenvalue weighted by molar-refractivity contribution is 7.89. The van der Waals surface area contributed by atoms with Crippen LogP contribution in [0.2, 0.25) is 0 Å². The maximum Gasteiger partial charge on any atom is 0.246 e. The van der Waals surface area contributed by atoms with Crippen molar-refractivity contribution < 1.29 is 8.42 Å². The van der Waals surface area contributed by atoms with Gasteiger partial charge in [0.05, 0.1) is 11.4 Å². The molecule has 0 aromatic carbocycles. The lowest BCUT2D eigenvalue weighted by molar-refractivity contribution is 0.263. The number of rotatable bonds is 5. The van der Waals surface area contributed by atoms with E-state index in [0.717, 1.165) is 25.8 Å². The third-order valence-electron chi connectivity index (χ3n) is 4.42. The van der Waals surface area contributed by atoms with E-state index in [1.807, 2.05) is 14.0 Å². The Morgan fingerprint density at radius 3 is 2.32 bits per heavy atom. The average Bonchev–Trinajstić information content (AvgIpc) is 2.70. The van der Waals surface area contributed by atoms with Crippen LogP contribution in [0.4, 0.5) is 0 Å². The van der Waals surface area contributed by atoms with Gasteiger partial charge in [0.15, 0.2) is 0 Å². The Bertz CT molecular complexity index is 592. The van der Waals surface area contributed by atoms with Crippen LogP contribution in [0.15, 0.2) is 4.90 Å². The van der Waals surface area contributed by atoms with Crippen molar-refractivity contribution >= 4 is 22.4 Å². The molecule has 0 saturated carbocycles. The summed E-state index contributed by atoms with van der Waals surface area (Å²) in [7, 11) is 0.323. The summed E-state index contributed by atoms with van der Waals surface area (Å²) in [5, 5.41) is 7.39. The Balaban J connectivity index is 0.00000242. The van der Waals surface area contributed by atoms with E-state index in [2.05, 4.69) is 10.4 Å². The first-order chi connectivity index (χ1) is 9.87. The molecular weight excluding hydrogens is 324 g/mol. The van der Waals surface area contributed by atoms with Crippen LogP contribution >= 0.6 is 12.4 Å². The number of hydrogen-bond acceptors (Lipinski definition) is 4. The fourth-order valence-corrected chi connectivity index (χ4v) is 4.91. The molecule has 128 valence electrons. The maximum atomic E-state index is 12.8. The van der Waals surface area contributed by atoms with Crippen LogP contribution in [-0.2, 0) is 17.1 Å². The molecule has 1 aliphatic heterocycles. The molecule has 1 aromatic heterocycles. The van der Waals surface area contributed by atoms with Crippen molar-refractivity contribution in [3.05, 3.63) is 11.4 Å². The van der Waals surface area contributed by atoms with Gasteiger partial charge < -0.3 is 5.32 Å². The first-order valence-corrected chi connectivity index (χ1v) is 8.97. The zero-order chi connectivity index (χ0) is 15.6. The monoisotopic (exact) mass is 350 g/mol. The summed E-state index contributed by atoms with van der Waals surface area (Å²) >= 11 is 0. The Morgan fingerprint density at radius 2 is 1.86 bits per heavy atom. The standard InChI is InChI=1S/C14H26N4O2S.ClH/c1-11-14(12(2)17(4)16-11)21(19,20)18-9-6-13(7-10-18)5-8-15-3;/h13,15H,5-10H2,1-4H3;1H. The Labute approximate surface area is 139 Å². The van der Waals surface area contributed by atoms with Crippen molar-refractivity contribution in [2.75, 3.05) is 26.7 Å². The van der Waals surface area contributed by atoms with E-state index in [4.69, 9.17) is 0 Å². The molecule has 1 N–H and O–H groups in total. The second kappa shape index (κ2) is 7.77. The first-order valence-electron chi connectivity index (χ1n) is 7.53. The molecular formula is C14H27ClN4O2S. The molecule has 1 fully saturated rings. The van der Waals surface area contributed by atoms with Gasteiger partial charge in [0.1, 0.15) is 4.90 Å². The topological polar surface area (TPSA) is 67.2 Å². The molecule has 0 bridgehead atoms. The van der Waals surface area contributed by atoms with Crippen molar-refractivity contribution in [3.63, 3.8) is 0 Å². The van der Waals surface area contributed by atoms with Crippen LogP contribution in [0.5, 0.6) is 0 Å². The van der Waals surface area contributed by atoms with E-state index < -0.39 is 10.0 Å². The quantitative estimate of drug-likeness (QED) is 0.873. The lowest BCUT2D eigenvalue weighted by Crippen LogP contribution is -2.39. The normalized spacial score (nSPS) is 17.5. The van der Waals surface area contributed by atoms with E-state index in [1.54, 1.807) is 23.0 Å². The van der Waals surface area contributed by atoms with Gasteiger partial charge in [-0.15, -0.1) is 12.4 Å². The summed E-state index contributed by atoms with van der Waals surface area (Å²) in [6.45, 7) is 5.80.